The number of benzene rings is 1. The molecule has 0 aliphatic carbocycles. The first-order valence-corrected chi connectivity index (χ1v) is 8.65. The number of anilines is 1. The van der Waals surface area contributed by atoms with Crippen molar-refractivity contribution in [2.24, 2.45) is 0 Å². The van der Waals surface area contributed by atoms with Crippen LogP contribution in [0.5, 0.6) is 5.75 Å². The third kappa shape index (κ3) is 4.48. The first-order chi connectivity index (χ1) is 13.5. The van der Waals surface area contributed by atoms with Gasteiger partial charge in [-0.25, -0.2) is 9.97 Å². The van der Waals surface area contributed by atoms with Crippen LogP contribution in [-0.4, -0.2) is 38.7 Å². The van der Waals surface area contributed by atoms with E-state index in [0.717, 1.165) is 0 Å². The molecule has 3 aromatic rings. The van der Waals surface area contributed by atoms with Gasteiger partial charge >= 0.3 is 6.61 Å². The lowest BCUT2D eigenvalue weighted by atomic mass is 10.0. The molecular weight excluding hydrogens is 382 g/mol. The number of carbonyl (C=O) groups is 1. The number of ether oxygens (including phenoxy) is 1. The molecule has 0 bridgehead atoms. The van der Waals surface area contributed by atoms with Gasteiger partial charge in [-0.2, -0.15) is 8.78 Å². The van der Waals surface area contributed by atoms with Gasteiger partial charge in [0.1, 0.15) is 17.0 Å². The second-order valence-corrected chi connectivity index (χ2v) is 7.36. The highest BCUT2D eigenvalue weighted by molar-refractivity contribution is 6.14. The third-order valence-corrected chi connectivity index (χ3v) is 3.89. The van der Waals surface area contributed by atoms with E-state index in [1.54, 1.807) is 0 Å². The number of hydrogen-bond donors (Lipinski definition) is 4. The predicted octanol–water partition coefficient (Wildman–Crippen LogP) is 3.09. The third-order valence-electron chi connectivity index (χ3n) is 3.89. The lowest BCUT2D eigenvalue weighted by molar-refractivity contribution is -0.0498. The lowest BCUT2D eigenvalue weighted by Gasteiger charge is -2.20. The van der Waals surface area contributed by atoms with Crippen LogP contribution in [0.3, 0.4) is 0 Å². The minimum absolute atomic E-state index is 0.128. The maximum absolute atomic E-state index is 12.5. The van der Waals surface area contributed by atoms with Crippen molar-refractivity contribution in [1.29, 1.82) is 5.41 Å². The number of H-pyrrole nitrogens is 1. The molecule has 0 saturated carbocycles. The Hall–Kier alpha value is -3.56. The minimum Gasteiger partial charge on any atom is -0.435 e. The van der Waals surface area contributed by atoms with E-state index in [0.29, 0.717) is 5.65 Å². The molecule has 2 heterocycles. The van der Waals surface area contributed by atoms with E-state index >= 15 is 0 Å². The molecule has 5 N–H and O–H groups in total. The monoisotopic (exact) mass is 402 g/mol. The highest BCUT2D eigenvalue weighted by Gasteiger charge is 2.21. The zero-order valence-electron chi connectivity index (χ0n) is 16.0. The Bertz CT molecular complexity index is 1090. The average Bonchev–Trinajstić information content (AvgIpc) is 3.04. The lowest BCUT2D eigenvalue weighted by Crippen LogP contribution is -2.40. The van der Waals surface area contributed by atoms with Crippen LogP contribution in [0.25, 0.3) is 11.2 Å². The number of alkyl halides is 2. The van der Waals surface area contributed by atoms with Crippen LogP contribution in [0.1, 0.15) is 42.4 Å². The zero-order chi connectivity index (χ0) is 21.3. The molecule has 0 atom stereocenters. The molecule has 0 saturated heterocycles. The van der Waals surface area contributed by atoms with Crippen LogP contribution >= 0.6 is 0 Å². The SMILES string of the molecule is CC(C)(C)NC(=O)c1c[nH]c2ncc(C(=N)c3cc(OC(F)F)ccc3N)nc12. The number of rotatable bonds is 5. The maximum atomic E-state index is 12.5. The van der Waals surface area contributed by atoms with Gasteiger partial charge in [-0.1, -0.05) is 0 Å². The summed E-state index contributed by atoms with van der Waals surface area (Å²) < 4.78 is 29.3. The fraction of sp³-hybridized carbons (Fsp3) is 0.263. The second kappa shape index (κ2) is 7.46. The number of halogens is 2. The van der Waals surface area contributed by atoms with Crippen molar-refractivity contribution in [1.82, 2.24) is 20.3 Å². The molecule has 0 unspecified atom stereocenters. The second-order valence-electron chi connectivity index (χ2n) is 7.36. The Kier molecular flexibility index (Phi) is 5.19. The molecule has 8 nitrogen and oxygen atoms in total. The Morgan fingerprint density at radius 2 is 2.03 bits per heavy atom. The Balaban J connectivity index is 1.99. The summed E-state index contributed by atoms with van der Waals surface area (Å²) in [5.74, 6) is -0.469. The van der Waals surface area contributed by atoms with Crippen molar-refractivity contribution in [2.75, 3.05) is 5.73 Å². The number of hydrogen-bond acceptors (Lipinski definition) is 6. The van der Waals surface area contributed by atoms with Crippen molar-refractivity contribution >= 4 is 28.5 Å². The Labute approximate surface area is 165 Å². The van der Waals surface area contributed by atoms with Gasteiger partial charge in [-0.3, -0.25) is 10.2 Å². The highest BCUT2D eigenvalue weighted by Crippen LogP contribution is 2.24. The molecule has 3 rings (SSSR count). The molecule has 0 radical (unpaired) electrons. The molecule has 10 heteroatoms. The highest BCUT2D eigenvalue weighted by atomic mass is 19.3. The summed E-state index contributed by atoms with van der Waals surface area (Å²) in [5, 5.41) is 11.2. The van der Waals surface area contributed by atoms with Crippen LogP contribution in [0.2, 0.25) is 0 Å². The summed E-state index contributed by atoms with van der Waals surface area (Å²) in [6, 6.07) is 3.89. The van der Waals surface area contributed by atoms with E-state index in [1.165, 1.54) is 30.6 Å². The fourth-order valence-corrected chi connectivity index (χ4v) is 2.66. The van der Waals surface area contributed by atoms with Crippen LogP contribution in [-0.2, 0) is 0 Å². The molecule has 1 aromatic carbocycles. The summed E-state index contributed by atoms with van der Waals surface area (Å²) in [4.78, 5) is 24.0. The van der Waals surface area contributed by atoms with E-state index < -0.39 is 12.2 Å². The smallest absolute Gasteiger partial charge is 0.387 e. The summed E-state index contributed by atoms with van der Waals surface area (Å²) >= 11 is 0. The number of nitrogens with one attached hydrogen (secondary N) is 3. The standard InChI is InChI=1S/C19H20F2N6O2/c1-19(2,3)27-17(28)11-7-24-16-15(11)26-13(8-25-16)14(23)10-6-9(29-18(20)21)4-5-12(10)22/h4-8,18,23H,22H2,1-3H3,(H,24,25)(H,27,28). The minimum atomic E-state index is -3.00. The number of fused-ring (bicyclic) bond motifs is 1. The maximum Gasteiger partial charge on any atom is 0.387 e. The number of nitrogens with two attached hydrogens (primary N) is 1. The van der Waals surface area contributed by atoms with E-state index in [2.05, 4.69) is 25.0 Å². The molecule has 29 heavy (non-hydrogen) atoms. The topological polar surface area (TPSA) is 130 Å². The van der Waals surface area contributed by atoms with Gasteiger partial charge < -0.3 is 20.8 Å². The van der Waals surface area contributed by atoms with E-state index in [1.807, 2.05) is 20.8 Å². The largest absolute Gasteiger partial charge is 0.435 e. The van der Waals surface area contributed by atoms with Crippen LogP contribution in [0, 0.1) is 5.41 Å². The normalized spacial score (nSPS) is 11.7. The molecule has 0 aliphatic heterocycles. The van der Waals surface area contributed by atoms with Gasteiger partial charge in [0.05, 0.1) is 17.5 Å². The van der Waals surface area contributed by atoms with Gasteiger partial charge in [0.25, 0.3) is 5.91 Å². The van der Waals surface area contributed by atoms with Gasteiger partial charge in [0, 0.05) is 23.0 Å². The number of aromatic nitrogens is 3. The molecule has 152 valence electrons. The molecule has 0 aliphatic rings. The molecular formula is C19H20F2N6O2. The zero-order valence-corrected chi connectivity index (χ0v) is 16.0. The summed E-state index contributed by atoms with van der Waals surface area (Å²) in [5.41, 5.74) is 6.73. The summed E-state index contributed by atoms with van der Waals surface area (Å²) in [7, 11) is 0. The number of amides is 1. The number of nitrogen functional groups attached to an aromatic ring is 1. The van der Waals surface area contributed by atoms with Gasteiger partial charge in [0.15, 0.2) is 5.65 Å². The first-order valence-electron chi connectivity index (χ1n) is 8.65. The number of nitrogens with zero attached hydrogens (tertiary/aromatic N) is 2. The molecule has 2 aromatic heterocycles. The van der Waals surface area contributed by atoms with Gasteiger partial charge in [0.2, 0.25) is 0 Å². The van der Waals surface area contributed by atoms with E-state index in [4.69, 9.17) is 11.1 Å². The van der Waals surface area contributed by atoms with Crippen LogP contribution < -0.4 is 15.8 Å². The number of carbonyl (C=O) groups excluding carboxylic acids is 1. The van der Waals surface area contributed by atoms with E-state index in [9.17, 15) is 13.6 Å². The first kappa shape index (κ1) is 20.2. The van der Waals surface area contributed by atoms with Crippen molar-refractivity contribution < 1.29 is 18.3 Å². The van der Waals surface area contributed by atoms with E-state index in [-0.39, 0.29) is 45.4 Å². The van der Waals surface area contributed by atoms with Crippen LogP contribution in [0.15, 0.2) is 30.6 Å². The fourth-order valence-electron chi connectivity index (χ4n) is 2.66. The van der Waals surface area contributed by atoms with Crippen molar-refractivity contribution in [3.8, 4) is 5.75 Å². The Morgan fingerprint density at radius 1 is 1.31 bits per heavy atom. The molecule has 1 amide bonds. The molecule has 0 spiro atoms. The van der Waals surface area contributed by atoms with Crippen molar-refractivity contribution in [3.05, 3.63) is 47.4 Å². The quantitative estimate of drug-likeness (QED) is 0.385. The molecule has 0 fully saturated rings. The van der Waals surface area contributed by atoms with Crippen molar-refractivity contribution in [3.63, 3.8) is 0 Å². The summed E-state index contributed by atoms with van der Waals surface area (Å²) in [6.45, 7) is 2.55. The number of aromatic amines is 1. The van der Waals surface area contributed by atoms with Crippen molar-refractivity contribution in [2.45, 2.75) is 32.9 Å². The average molecular weight is 402 g/mol. The van der Waals surface area contributed by atoms with Gasteiger partial charge in [-0.15, -0.1) is 0 Å². The predicted molar refractivity (Wildman–Crippen MR) is 105 cm³/mol. The summed E-state index contributed by atoms with van der Waals surface area (Å²) in [6.07, 6.45) is 2.83. The van der Waals surface area contributed by atoms with Crippen LogP contribution in [0.4, 0.5) is 14.5 Å². The van der Waals surface area contributed by atoms with Gasteiger partial charge in [-0.05, 0) is 39.0 Å². The Morgan fingerprint density at radius 3 is 2.69 bits per heavy atom.